The summed E-state index contributed by atoms with van der Waals surface area (Å²) in [7, 11) is 0. The van der Waals surface area contributed by atoms with Gasteiger partial charge in [0.25, 0.3) is 6.43 Å². The predicted octanol–water partition coefficient (Wildman–Crippen LogP) is 0.689. The molecule has 0 aromatic rings. The number of nitrogens with one attached hydrogen (secondary N) is 1. The number of ether oxygens (including phenoxy) is 1. The van der Waals surface area contributed by atoms with Crippen molar-refractivity contribution in [3.05, 3.63) is 0 Å². The van der Waals surface area contributed by atoms with Crippen LogP contribution in [0.25, 0.3) is 0 Å². The van der Waals surface area contributed by atoms with Crippen molar-refractivity contribution >= 4 is 5.91 Å². The van der Waals surface area contributed by atoms with E-state index in [1.165, 1.54) is 0 Å². The van der Waals surface area contributed by atoms with Gasteiger partial charge < -0.3 is 15.2 Å². The van der Waals surface area contributed by atoms with Crippen LogP contribution in [0.3, 0.4) is 0 Å². The minimum absolute atomic E-state index is 0.0162. The molecule has 0 aromatic carbocycles. The highest BCUT2D eigenvalue weighted by molar-refractivity contribution is 5.77. The minimum atomic E-state index is -2.50. The Balaban J connectivity index is 2.11. The van der Waals surface area contributed by atoms with Crippen molar-refractivity contribution in [2.75, 3.05) is 19.8 Å². The van der Waals surface area contributed by atoms with E-state index >= 15 is 0 Å². The third-order valence-corrected chi connectivity index (χ3v) is 2.74. The lowest BCUT2D eigenvalue weighted by atomic mass is 9.77. The number of aliphatic hydroxyl groups is 1. The Bertz CT molecular complexity index is 227. The molecule has 1 fully saturated rings. The number of carbonyl (C=O) groups excluding carboxylic acids is 1. The minimum Gasteiger partial charge on any atom is -0.394 e. The van der Waals surface area contributed by atoms with Crippen LogP contribution in [0, 0.1) is 0 Å². The van der Waals surface area contributed by atoms with Crippen LogP contribution in [-0.2, 0) is 9.53 Å². The molecular formula is C10H17F2NO3. The van der Waals surface area contributed by atoms with E-state index in [2.05, 4.69) is 10.1 Å². The van der Waals surface area contributed by atoms with E-state index in [4.69, 9.17) is 5.11 Å². The SMILES string of the molecule is O=C(CCOCC(F)F)NC1(CO)CCC1. The zero-order valence-electron chi connectivity index (χ0n) is 9.05. The fourth-order valence-corrected chi connectivity index (χ4v) is 1.62. The first-order valence-corrected chi connectivity index (χ1v) is 5.36. The lowest BCUT2D eigenvalue weighted by molar-refractivity contribution is -0.126. The zero-order chi connectivity index (χ0) is 12.0. The highest BCUT2D eigenvalue weighted by Crippen LogP contribution is 2.31. The number of hydrogen-bond donors (Lipinski definition) is 2. The molecule has 0 atom stereocenters. The monoisotopic (exact) mass is 237 g/mol. The molecule has 94 valence electrons. The van der Waals surface area contributed by atoms with Crippen molar-refractivity contribution in [3.63, 3.8) is 0 Å². The molecule has 2 N–H and O–H groups in total. The molecular weight excluding hydrogens is 220 g/mol. The topological polar surface area (TPSA) is 58.6 Å². The third kappa shape index (κ3) is 4.02. The molecule has 0 bridgehead atoms. The van der Waals surface area contributed by atoms with E-state index < -0.39 is 18.6 Å². The maximum atomic E-state index is 11.7. The highest BCUT2D eigenvalue weighted by atomic mass is 19.3. The van der Waals surface area contributed by atoms with Gasteiger partial charge in [-0.1, -0.05) is 0 Å². The number of amides is 1. The van der Waals surface area contributed by atoms with Crippen molar-refractivity contribution in [2.24, 2.45) is 0 Å². The average molecular weight is 237 g/mol. The molecule has 1 aliphatic rings. The molecule has 4 nitrogen and oxygen atoms in total. The molecule has 0 aromatic heterocycles. The van der Waals surface area contributed by atoms with E-state index in [0.717, 1.165) is 19.3 Å². The summed E-state index contributed by atoms with van der Waals surface area (Å²) in [6.45, 7) is -0.729. The van der Waals surface area contributed by atoms with Crippen molar-refractivity contribution in [1.29, 1.82) is 0 Å². The van der Waals surface area contributed by atoms with Gasteiger partial charge in [0.15, 0.2) is 0 Å². The molecule has 1 amide bonds. The molecule has 0 spiro atoms. The van der Waals surface area contributed by atoms with Crippen LogP contribution in [0.2, 0.25) is 0 Å². The van der Waals surface area contributed by atoms with Crippen LogP contribution in [0.4, 0.5) is 8.78 Å². The highest BCUT2D eigenvalue weighted by Gasteiger charge is 2.37. The largest absolute Gasteiger partial charge is 0.394 e. The predicted molar refractivity (Wildman–Crippen MR) is 53.3 cm³/mol. The standard InChI is InChI=1S/C10H17F2NO3/c11-8(12)6-16-5-2-9(15)13-10(7-14)3-1-4-10/h8,14H,1-7H2,(H,13,15). The van der Waals surface area contributed by atoms with E-state index in [-0.39, 0.29) is 25.5 Å². The van der Waals surface area contributed by atoms with Crippen LogP contribution in [0.5, 0.6) is 0 Å². The van der Waals surface area contributed by atoms with Gasteiger partial charge >= 0.3 is 0 Å². The van der Waals surface area contributed by atoms with E-state index in [9.17, 15) is 13.6 Å². The van der Waals surface area contributed by atoms with E-state index in [1.54, 1.807) is 0 Å². The second-order valence-electron chi connectivity index (χ2n) is 4.06. The molecule has 0 aliphatic heterocycles. The first-order chi connectivity index (χ1) is 7.58. The first-order valence-electron chi connectivity index (χ1n) is 5.36. The summed E-state index contributed by atoms with van der Waals surface area (Å²) < 4.78 is 28.0. The Morgan fingerprint density at radius 3 is 2.62 bits per heavy atom. The van der Waals surface area contributed by atoms with Gasteiger partial charge in [0.1, 0.15) is 6.61 Å². The number of hydrogen-bond acceptors (Lipinski definition) is 3. The first kappa shape index (κ1) is 13.3. The zero-order valence-corrected chi connectivity index (χ0v) is 9.05. The van der Waals surface area contributed by atoms with Crippen molar-refractivity contribution in [2.45, 2.75) is 37.6 Å². The van der Waals surface area contributed by atoms with Gasteiger partial charge in [-0.05, 0) is 19.3 Å². The number of halogens is 2. The van der Waals surface area contributed by atoms with E-state index in [1.807, 2.05) is 0 Å². The van der Waals surface area contributed by atoms with Crippen molar-refractivity contribution < 1.29 is 23.4 Å². The normalized spacial score (nSPS) is 18.2. The van der Waals surface area contributed by atoms with Crippen LogP contribution in [0.15, 0.2) is 0 Å². The van der Waals surface area contributed by atoms with E-state index in [0.29, 0.717) is 0 Å². The van der Waals surface area contributed by atoms with Crippen LogP contribution in [0.1, 0.15) is 25.7 Å². The van der Waals surface area contributed by atoms with Gasteiger partial charge in [-0.2, -0.15) is 0 Å². The van der Waals surface area contributed by atoms with Crippen LogP contribution >= 0.6 is 0 Å². The molecule has 1 saturated carbocycles. The summed E-state index contributed by atoms with van der Waals surface area (Å²) in [6, 6.07) is 0. The molecule has 1 aliphatic carbocycles. The van der Waals surface area contributed by atoms with Crippen LogP contribution < -0.4 is 5.32 Å². The summed E-state index contributed by atoms with van der Waals surface area (Å²) >= 11 is 0. The van der Waals surface area contributed by atoms with Crippen LogP contribution in [-0.4, -0.2) is 42.8 Å². The Morgan fingerprint density at radius 1 is 1.50 bits per heavy atom. The summed E-state index contributed by atoms with van der Waals surface area (Å²) in [4.78, 5) is 11.4. The maximum absolute atomic E-state index is 11.7. The second kappa shape index (κ2) is 6.10. The summed E-state index contributed by atoms with van der Waals surface area (Å²) in [5.41, 5.74) is -0.472. The lowest BCUT2D eigenvalue weighted by Gasteiger charge is -2.40. The number of rotatable bonds is 7. The van der Waals surface area contributed by atoms with Gasteiger partial charge in [-0.25, -0.2) is 8.78 Å². The molecule has 0 heterocycles. The Hall–Kier alpha value is -0.750. The lowest BCUT2D eigenvalue weighted by Crippen LogP contribution is -2.56. The van der Waals surface area contributed by atoms with Crippen molar-refractivity contribution in [3.8, 4) is 0 Å². The molecule has 0 radical (unpaired) electrons. The van der Waals surface area contributed by atoms with Gasteiger partial charge in [-0.3, -0.25) is 4.79 Å². The maximum Gasteiger partial charge on any atom is 0.261 e. The molecule has 6 heteroatoms. The number of aliphatic hydroxyl groups excluding tert-OH is 1. The molecule has 16 heavy (non-hydrogen) atoms. The fraction of sp³-hybridized carbons (Fsp3) is 0.900. The van der Waals surface area contributed by atoms with Crippen molar-refractivity contribution in [1.82, 2.24) is 5.32 Å². The molecule has 0 saturated heterocycles. The quantitative estimate of drug-likeness (QED) is 0.640. The van der Waals surface area contributed by atoms with Gasteiger partial charge in [0.05, 0.1) is 18.8 Å². The Morgan fingerprint density at radius 2 is 2.19 bits per heavy atom. The Labute approximate surface area is 93.0 Å². The molecule has 1 rings (SSSR count). The third-order valence-electron chi connectivity index (χ3n) is 2.74. The van der Waals surface area contributed by atoms with Gasteiger partial charge in [0.2, 0.25) is 5.91 Å². The summed E-state index contributed by atoms with van der Waals surface area (Å²) in [5, 5.41) is 11.8. The second-order valence-corrected chi connectivity index (χ2v) is 4.06. The fourth-order valence-electron chi connectivity index (χ4n) is 1.62. The van der Waals surface area contributed by atoms with Gasteiger partial charge in [0, 0.05) is 6.42 Å². The average Bonchev–Trinajstić information content (AvgIpc) is 2.18. The molecule has 0 unspecified atom stereocenters. The summed E-state index contributed by atoms with van der Waals surface area (Å²) in [5.74, 6) is -0.261. The number of alkyl halides is 2. The smallest absolute Gasteiger partial charge is 0.261 e. The Kier molecular flexibility index (Phi) is 5.08. The number of carbonyl (C=O) groups is 1. The summed E-state index contributed by atoms with van der Waals surface area (Å²) in [6.07, 6.45) is 0.0794. The van der Waals surface area contributed by atoms with Gasteiger partial charge in [-0.15, -0.1) is 0 Å².